The second-order valence-electron chi connectivity index (χ2n) is 8.98. The summed E-state index contributed by atoms with van der Waals surface area (Å²) in [6, 6.07) is 12.6. The van der Waals surface area contributed by atoms with Crippen molar-refractivity contribution < 1.29 is 14.3 Å². The van der Waals surface area contributed by atoms with Crippen molar-refractivity contribution in [1.82, 2.24) is 9.88 Å². The van der Waals surface area contributed by atoms with E-state index in [4.69, 9.17) is 9.47 Å². The number of pyridine rings is 1. The summed E-state index contributed by atoms with van der Waals surface area (Å²) in [5.74, 6) is 0. The van der Waals surface area contributed by atoms with Gasteiger partial charge in [0.05, 0.1) is 13.2 Å². The molecule has 0 saturated carbocycles. The highest BCUT2D eigenvalue weighted by molar-refractivity contribution is 6.32. The van der Waals surface area contributed by atoms with Gasteiger partial charge in [0.2, 0.25) is 0 Å². The monoisotopic (exact) mass is 394 g/mol. The molecule has 5 nitrogen and oxygen atoms in total. The first-order chi connectivity index (χ1) is 13.8. The van der Waals surface area contributed by atoms with Crippen molar-refractivity contribution in [3.63, 3.8) is 0 Å². The average Bonchev–Trinajstić information content (AvgIpc) is 2.68. The summed E-state index contributed by atoms with van der Waals surface area (Å²) in [4.78, 5) is 18.5. The molecular weight excluding hydrogens is 363 g/mol. The van der Waals surface area contributed by atoms with Crippen LogP contribution in [0.5, 0.6) is 0 Å². The summed E-state index contributed by atoms with van der Waals surface area (Å²) in [7, 11) is 2.04. The number of hydrogen-bond donors (Lipinski definition) is 0. The van der Waals surface area contributed by atoms with Gasteiger partial charge in [0.25, 0.3) is 0 Å². The van der Waals surface area contributed by atoms with E-state index >= 15 is 0 Å². The third-order valence-electron chi connectivity index (χ3n) is 5.34. The number of amides is 1. The van der Waals surface area contributed by atoms with Gasteiger partial charge in [0.1, 0.15) is 13.4 Å². The number of benzene rings is 1. The molecule has 1 aliphatic rings. The highest BCUT2D eigenvalue weighted by Gasteiger charge is 2.38. The zero-order valence-corrected chi connectivity index (χ0v) is 18.0. The summed E-state index contributed by atoms with van der Waals surface area (Å²) in [5, 5.41) is 0. The van der Waals surface area contributed by atoms with E-state index in [0.29, 0.717) is 26.3 Å². The molecule has 3 rings (SSSR count). The van der Waals surface area contributed by atoms with Crippen molar-refractivity contribution in [3.05, 3.63) is 59.9 Å². The Labute approximate surface area is 174 Å². The fourth-order valence-electron chi connectivity index (χ4n) is 3.81. The Hall–Kier alpha value is -2.34. The van der Waals surface area contributed by atoms with E-state index < -0.39 is 5.60 Å². The SMILES string of the molecule is Bc1cncc(COCC2(c3ccccc3)CCN(C(=O)OC(C)(C)C)CC2)c1. The van der Waals surface area contributed by atoms with Gasteiger partial charge in [0, 0.05) is 30.9 Å². The van der Waals surface area contributed by atoms with Crippen LogP contribution < -0.4 is 5.46 Å². The third kappa shape index (κ3) is 5.83. The average molecular weight is 394 g/mol. The van der Waals surface area contributed by atoms with E-state index in [0.717, 1.165) is 23.9 Å². The molecule has 1 aromatic heterocycles. The largest absolute Gasteiger partial charge is 0.444 e. The number of hydrogen-bond acceptors (Lipinski definition) is 4. The zero-order chi connectivity index (χ0) is 20.9. The van der Waals surface area contributed by atoms with Crippen molar-refractivity contribution in [1.29, 1.82) is 0 Å². The first-order valence-electron chi connectivity index (χ1n) is 10.3. The number of aromatic nitrogens is 1. The summed E-state index contributed by atoms with van der Waals surface area (Å²) in [5.41, 5.74) is 2.91. The van der Waals surface area contributed by atoms with E-state index in [9.17, 15) is 4.79 Å². The summed E-state index contributed by atoms with van der Waals surface area (Å²) in [6.07, 6.45) is 5.17. The number of carbonyl (C=O) groups is 1. The van der Waals surface area contributed by atoms with Crippen molar-refractivity contribution in [2.24, 2.45) is 0 Å². The molecule has 29 heavy (non-hydrogen) atoms. The van der Waals surface area contributed by atoms with Crippen LogP contribution in [0.15, 0.2) is 48.8 Å². The van der Waals surface area contributed by atoms with Gasteiger partial charge >= 0.3 is 6.09 Å². The van der Waals surface area contributed by atoms with Gasteiger partial charge in [-0.3, -0.25) is 4.98 Å². The van der Waals surface area contributed by atoms with E-state index in [1.54, 1.807) is 0 Å². The van der Waals surface area contributed by atoms with Crippen LogP contribution in [0.2, 0.25) is 0 Å². The van der Waals surface area contributed by atoms with Crippen LogP contribution in [0, 0.1) is 0 Å². The van der Waals surface area contributed by atoms with Gasteiger partial charge in [0.15, 0.2) is 0 Å². The molecule has 1 aliphatic heterocycles. The van der Waals surface area contributed by atoms with Crippen molar-refractivity contribution in [2.75, 3.05) is 19.7 Å². The quantitative estimate of drug-likeness (QED) is 0.732. The fraction of sp³-hybridized carbons (Fsp3) is 0.478. The van der Waals surface area contributed by atoms with E-state index in [-0.39, 0.29) is 11.5 Å². The second kappa shape index (κ2) is 8.99. The Morgan fingerprint density at radius 1 is 1.17 bits per heavy atom. The van der Waals surface area contributed by atoms with Crippen molar-refractivity contribution in [3.8, 4) is 0 Å². The smallest absolute Gasteiger partial charge is 0.410 e. The first-order valence-corrected chi connectivity index (χ1v) is 10.3. The van der Waals surface area contributed by atoms with Crippen LogP contribution in [0.4, 0.5) is 4.79 Å². The van der Waals surface area contributed by atoms with E-state index in [1.165, 1.54) is 5.56 Å². The molecule has 1 amide bonds. The maximum Gasteiger partial charge on any atom is 0.410 e. The lowest BCUT2D eigenvalue weighted by Gasteiger charge is -2.42. The molecule has 0 atom stereocenters. The second-order valence-corrected chi connectivity index (χ2v) is 8.98. The van der Waals surface area contributed by atoms with Gasteiger partial charge in [-0.2, -0.15) is 0 Å². The van der Waals surface area contributed by atoms with Crippen LogP contribution >= 0.6 is 0 Å². The third-order valence-corrected chi connectivity index (χ3v) is 5.34. The van der Waals surface area contributed by atoms with Crippen LogP contribution in [0.25, 0.3) is 0 Å². The fourth-order valence-corrected chi connectivity index (χ4v) is 3.81. The Morgan fingerprint density at radius 2 is 1.86 bits per heavy atom. The number of carbonyl (C=O) groups excluding carboxylic acids is 1. The molecule has 0 aliphatic carbocycles. The number of piperidine rings is 1. The number of ether oxygens (including phenoxy) is 2. The first kappa shape index (κ1) is 21.4. The van der Waals surface area contributed by atoms with Crippen molar-refractivity contribution in [2.45, 2.75) is 51.2 Å². The molecule has 6 heteroatoms. The van der Waals surface area contributed by atoms with Crippen LogP contribution in [0.3, 0.4) is 0 Å². The summed E-state index contributed by atoms with van der Waals surface area (Å²) < 4.78 is 11.7. The standard InChI is InChI=1S/C23H31BN2O3/c1-22(2,3)29-21(27)26-11-9-23(10-12-26,19-7-5-4-6-8-19)17-28-16-18-13-20(24)15-25-14-18/h4-8,13-15H,9-12,16-17,24H2,1-3H3. The number of rotatable bonds is 5. The highest BCUT2D eigenvalue weighted by Crippen LogP contribution is 2.36. The molecule has 0 spiro atoms. The summed E-state index contributed by atoms with van der Waals surface area (Å²) >= 11 is 0. The molecule has 2 heterocycles. The zero-order valence-electron chi connectivity index (χ0n) is 18.0. The molecular formula is C23H31BN2O3. The van der Waals surface area contributed by atoms with Crippen LogP contribution in [-0.2, 0) is 21.5 Å². The van der Waals surface area contributed by atoms with Gasteiger partial charge in [-0.1, -0.05) is 41.9 Å². The molecule has 154 valence electrons. The van der Waals surface area contributed by atoms with E-state index in [1.807, 2.05) is 52.0 Å². The molecule has 0 bridgehead atoms. The Morgan fingerprint density at radius 3 is 2.48 bits per heavy atom. The molecule has 0 N–H and O–H groups in total. The van der Waals surface area contributed by atoms with Gasteiger partial charge in [-0.15, -0.1) is 0 Å². The Kier molecular flexibility index (Phi) is 6.63. The highest BCUT2D eigenvalue weighted by atomic mass is 16.6. The molecule has 0 unspecified atom stereocenters. The molecule has 2 aromatic rings. The minimum atomic E-state index is -0.476. The maximum atomic E-state index is 12.5. The lowest BCUT2D eigenvalue weighted by Crippen LogP contribution is -2.48. The van der Waals surface area contributed by atoms with Crippen molar-refractivity contribution >= 4 is 19.4 Å². The lowest BCUT2D eigenvalue weighted by molar-refractivity contribution is 0.00332. The van der Waals surface area contributed by atoms with E-state index in [2.05, 4.69) is 35.3 Å². The van der Waals surface area contributed by atoms with Gasteiger partial charge in [-0.05, 0) is 44.7 Å². The van der Waals surface area contributed by atoms with Crippen LogP contribution in [0.1, 0.15) is 44.7 Å². The molecule has 1 saturated heterocycles. The Balaban J connectivity index is 1.67. The normalized spacial score (nSPS) is 16.4. The Bertz CT molecular complexity index is 812. The molecule has 0 radical (unpaired) electrons. The minimum absolute atomic E-state index is 0.100. The summed E-state index contributed by atoms with van der Waals surface area (Å²) in [6.45, 7) is 8.19. The van der Waals surface area contributed by atoms with Gasteiger partial charge in [-0.25, -0.2) is 4.79 Å². The predicted octanol–water partition coefficient (Wildman–Crippen LogP) is 2.83. The molecule has 1 fully saturated rings. The maximum absolute atomic E-state index is 12.5. The lowest BCUT2D eigenvalue weighted by atomic mass is 9.73. The molecule has 1 aromatic carbocycles. The van der Waals surface area contributed by atoms with Crippen LogP contribution in [-0.4, -0.2) is 49.1 Å². The van der Waals surface area contributed by atoms with Gasteiger partial charge < -0.3 is 14.4 Å². The topological polar surface area (TPSA) is 51.7 Å². The predicted molar refractivity (Wildman–Crippen MR) is 117 cm³/mol. The number of likely N-dealkylation sites (tertiary alicyclic amines) is 1. The minimum Gasteiger partial charge on any atom is -0.444 e. The number of nitrogens with zero attached hydrogens (tertiary/aromatic N) is 2.